The van der Waals surface area contributed by atoms with Crippen molar-refractivity contribution in [3.63, 3.8) is 0 Å². The Morgan fingerprint density at radius 3 is 2.18 bits per heavy atom. The fourth-order valence-electron chi connectivity index (χ4n) is 2.99. The Morgan fingerprint density at radius 1 is 1.24 bits per heavy atom. The van der Waals surface area contributed by atoms with Gasteiger partial charge in [-0.2, -0.15) is 0 Å². The van der Waals surface area contributed by atoms with Crippen molar-refractivity contribution in [2.45, 2.75) is 50.9 Å². The van der Waals surface area contributed by atoms with Crippen LogP contribution in [-0.2, 0) is 0 Å². The lowest BCUT2D eigenvalue weighted by Crippen LogP contribution is -2.62. The Labute approximate surface area is 105 Å². The van der Waals surface area contributed by atoms with Gasteiger partial charge in [-0.3, -0.25) is 9.80 Å². The molecular formula is C13H27N3O. The Kier molecular flexibility index (Phi) is 4.08. The molecule has 4 atom stereocenters. The van der Waals surface area contributed by atoms with E-state index in [1.54, 1.807) is 0 Å². The lowest BCUT2D eigenvalue weighted by molar-refractivity contribution is 0.00590. The van der Waals surface area contributed by atoms with Crippen molar-refractivity contribution in [3.8, 4) is 0 Å². The van der Waals surface area contributed by atoms with Crippen LogP contribution in [0.25, 0.3) is 0 Å². The minimum absolute atomic E-state index is 0.154. The third-order valence-corrected chi connectivity index (χ3v) is 4.65. The summed E-state index contributed by atoms with van der Waals surface area (Å²) in [7, 11) is 2.18. The normalized spacial score (nSPS) is 35.8. The second kappa shape index (κ2) is 5.22. The number of likely N-dealkylation sites (N-methyl/N-ethyl adjacent to an activating group) is 1. The van der Waals surface area contributed by atoms with Crippen LogP contribution in [0.15, 0.2) is 0 Å². The predicted molar refractivity (Wildman–Crippen MR) is 69.8 cm³/mol. The van der Waals surface area contributed by atoms with E-state index in [2.05, 4.69) is 30.7 Å². The first-order valence-electron chi connectivity index (χ1n) is 6.87. The van der Waals surface area contributed by atoms with Gasteiger partial charge in [0.25, 0.3) is 0 Å². The Bertz CT molecular complexity index is 245. The van der Waals surface area contributed by atoms with E-state index in [-0.39, 0.29) is 18.7 Å². The summed E-state index contributed by atoms with van der Waals surface area (Å²) in [4.78, 5) is 4.81. The zero-order valence-corrected chi connectivity index (χ0v) is 11.3. The molecule has 4 unspecified atom stereocenters. The monoisotopic (exact) mass is 241 g/mol. The van der Waals surface area contributed by atoms with Crippen molar-refractivity contribution in [1.29, 1.82) is 0 Å². The van der Waals surface area contributed by atoms with Crippen LogP contribution < -0.4 is 5.73 Å². The summed E-state index contributed by atoms with van der Waals surface area (Å²) < 4.78 is 0. The molecule has 2 rings (SSSR count). The zero-order valence-electron chi connectivity index (χ0n) is 11.3. The van der Waals surface area contributed by atoms with Gasteiger partial charge in [-0.05, 0) is 39.7 Å². The van der Waals surface area contributed by atoms with Crippen LogP contribution in [0.5, 0.6) is 0 Å². The molecule has 1 aliphatic carbocycles. The number of nitrogens with zero attached hydrogens (tertiary/aromatic N) is 2. The van der Waals surface area contributed by atoms with E-state index in [0.717, 1.165) is 13.1 Å². The van der Waals surface area contributed by atoms with Crippen molar-refractivity contribution in [1.82, 2.24) is 9.80 Å². The lowest BCUT2D eigenvalue weighted by Gasteiger charge is -2.46. The first-order chi connectivity index (χ1) is 8.04. The second-order valence-electron chi connectivity index (χ2n) is 5.98. The smallest absolute Gasteiger partial charge is 0.0602 e. The molecule has 2 aliphatic rings. The molecule has 1 heterocycles. The van der Waals surface area contributed by atoms with Crippen LogP contribution in [-0.4, -0.2) is 65.8 Å². The molecule has 0 aromatic carbocycles. The lowest BCUT2D eigenvalue weighted by atomic mass is 9.99. The number of nitrogens with two attached hydrogens (primary N) is 1. The van der Waals surface area contributed by atoms with E-state index in [1.807, 2.05) is 0 Å². The summed E-state index contributed by atoms with van der Waals surface area (Å²) in [6.45, 7) is 6.74. The number of aliphatic hydroxyl groups is 1. The van der Waals surface area contributed by atoms with E-state index in [4.69, 9.17) is 5.73 Å². The minimum atomic E-state index is 0.154. The van der Waals surface area contributed by atoms with Gasteiger partial charge in [0.2, 0.25) is 0 Å². The summed E-state index contributed by atoms with van der Waals surface area (Å²) in [5.74, 6) is 0.650. The third kappa shape index (κ3) is 2.81. The standard InChI is InChI=1S/C13H27N3O/c1-9-6-16(7-10(2)15(9)3)12(8-17)13(14)11-4-5-11/h9-13,17H,4-8,14H2,1-3H3. The van der Waals surface area contributed by atoms with Crippen molar-refractivity contribution >= 4 is 0 Å². The van der Waals surface area contributed by atoms with Crippen LogP contribution in [0.1, 0.15) is 26.7 Å². The molecule has 1 aliphatic heterocycles. The molecule has 1 saturated heterocycles. The maximum Gasteiger partial charge on any atom is 0.0602 e. The summed E-state index contributed by atoms with van der Waals surface area (Å²) >= 11 is 0. The number of rotatable bonds is 4. The largest absolute Gasteiger partial charge is 0.395 e. The molecule has 0 aromatic heterocycles. The molecule has 4 nitrogen and oxygen atoms in total. The van der Waals surface area contributed by atoms with Crippen LogP contribution in [0.4, 0.5) is 0 Å². The highest BCUT2D eigenvalue weighted by Gasteiger charge is 2.39. The van der Waals surface area contributed by atoms with Crippen LogP contribution in [0, 0.1) is 5.92 Å². The molecule has 0 spiro atoms. The van der Waals surface area contributed by atoms with E-state index in [0.29, 0.717) is 18.0 Å². The Balaban J connectivity index is 1.99. The molecule has 0 amide bonds. The highest BCUT2D eigenvalue weighted by atomic mass is 16.3. The van der Waals surface area contributed by atoms with Gasteiger partial charge in [-0.15, -0.1) is 0 Å². The zero-order chi connectivity index (χ0) is 12.6. The maximum absolute atomic E-state index is 9.63. The molecular weight excluding hydrogens is 214 g/mol. The summed E-state index contributed by atoms with van der Waals surface area (Å²) in [5.41, 5.74) is 6.27. The summed E-state index contributed by atoms with van der Waals surface area (Å²) in [6.07, 6.45) is 2.49. The Hall–Kier alpha value is -0.160. The highest BCUT2D eigenvalue weighted by molar-refractivity contribution is 4.96. The number of piperazine rings is 1. The van der Waals surface area contributed by atoms with Crippen molar-refractivity contribution in [2.75, 3.05) is 26.7 Å². The molecule has 3 N–H and O–H groups in total. The molecule has 100 valence electrons. The van der Waals surface area contributed by atoms with Gasteiger partial charge in [0, 0.05) is 37.3 Å². The van der Waals surface area contributed by atoms with Crippen LogP contribution in [0.2, 0.25) is 0 Å². The van der Waals surface area contributed by atoms with E-state index in [9.17, 15) is 5.11 Å². The highest BCUT2D eigenvalue weighted by Crippen LogP contribution is 2.34. The van der Waals surface area contributed by atoms with Gasteiger partial charge in [0.15, 0.2) is 0 Å². The molecule has 1 saturated carbocycles. The molecule has 0 bridgehead atoms. The van der Waals surface area contributed by atoms with Gasteiger partial charge in [-0.1, -0.05) is 0 Å². The quantitative estimate of drug-likeness (QED) is 0.733. The van der Waals surface area contributed by atoms with E-state index in [1.165, 1.54) is 12.8 Å². The summed E-state index contributed by atoms with van der Waals surface area (Å²) in [6, 6.07) is 1.39. The third-order valence-electron chi connectivity index (χ3n) is 4.65. The number of aliphatic hydroxyl groups excluding tert-OH is 1. The van der Waals surface area contributed by atoms with Gasteiger partial charge < -0.3 is 10.8 Å². The van der Waals surface area contributed by atoms with Gasteiger partial charge in [0.1, 0.15) is 0 Å². The topological polar surface area (TPSA) is 52.7 Å². The predicted octanol–water partition coefficient (Wildman–Crippen LogP) is 0.109. The van der Waals surface area contributed by atoms with Crippen molar-refractivity contribution < 1.29 is 5.11 Å². The average Bonchev–Trinajstić information content (AvgIpc) is 3.10. The first-order valence-corrected chi connectivity index (χ1v) is 6.87. The minimum Gasteiger partial charge on any atom is -0.395 e. The van der Waals surface area contributed by atoms with Crippen molar-refractivity contribution in [2.24, 2.45) is 11.7 Å². The Morgan fingerprint density at radius 2 is 1.76 bits per heavy atom. The SMILES string of the molecule is CC1CN(C(CO)C(N)C2CC2)CC(C)N1C. The van der Waals surface area contributed by atoms with Gasteiger partial charge >= 0.3 is 0 Å². The summed E-state index contributed by atoms with van der Waals surface area (Å²) in [5, 5.41) is 9.63. The van der Waals surface area contributed by atoms with Gasteiger partial charge in [-0.25, -0.2) is 0 Å². The molecule has 2 fully saturated rings. The maximum atomic E-state index is 9.63. The molecule has 4 heteroatoms. The van der Waals surface area contributed by atoms with Crippen molar-refractivity contribution in [3.05, 3.63) is 0 Å². The molecule has 17 heavy (non-hydrogen) atoms. The number of hydrogen-bond donors (Lipinski definition) is 2. The fourth-order valence-corrected chi connectivity index (χ4v) is 2.99. The van der Waals surface area contributed by atoms with E-state index >= 15 is 0 Å². The van der Waals surface area contributed by atoms with Gasteiger partial charge in [0.05, 0.1) is 6.61 Å². The first kappa shape index (κ1) is 13.3. The van der Waals surface area contributed by atoms with Crippen LogP contribution in [0.3, 0.4) is 0 Å². The molecule has 0 radical (unpaired) electrons. The molecule has 0 aromatic rings. The fraction of sp³-hybridized carbons (Fsp3) is 1.00. The second-order valence-corrected chi connectivity index (χ2v) is 5.98. The van der Waals surface area contributed by atoms with Crippen LogP contribution >= 0.6 is 0 Å². The number of hydrogen-bond acceptors (Lipinski definition) is 4. The van der Waals surface area contributed by atoms with E-state index < -0.39 is 0 Å². The average molecular weight is 241 g/mol.